The second-order valence-electron chi connectivity index (χ2n) is 7.48. The van der Waals surface area contributed by atoms with E-state index >= 15 is 0 Å². The zero-order valence-electron chi connectivity index (χ0n) is 15.3. The maximum absolute atomic E-state index is 13.1. The molecule has 26 heavy (non-hydrogen) atoms. The first-order chi connectivity index (χ1) is 12.1. The van der Waals surface area contributed by atoms with Crippen LogP contribution < -0.4 is 4.74 Å². The van der Waals surface area contributed by atoms with Gasteiger partial charge in [0.1, 0.15) is 5.75 Å². The highest BCUT2D eigenvalue weighted by atomic mass is 35.5. The quantitative estimate of drug-likeness (QED) is 0.583. The number of rotatable bonds is 3. The van der Waals surface area contributed by atoms with Crippen molar-refractivity contribution in [1.29, 1.82) is 0 Å². The molecule has 2 aromatic rings. The van der Waals surface area contributed by atoms with E-state index in [1.54, 1.807) is 0 Å². The number of piperidine rings is 1. The Morgan fingerprint density at radius 1 is 1.04 bits per heavy atom. The molecule has 4 heteroatoms. The summed E-state index contributed by atoms with van der Waals surface area (Å²) in [6.07, 6.45) is 3.29. The van der Waals surface area contributed by atoms with Gasteiger partial charge in [-0.3, -0.25) is 9.69 Å². The van der Waals surface area contributed by atoms with Gasteiger partial charge in [-0.25, -0.2) is 0 Å². The van der Waals surface area contributed by atoms with Gasteiger partial charge in [-0.15, -0.1) is 12.4 Å². The third-order valence-electron chi connectivity index (χ3n) is 6.01. The van der Waals surface area contributed by atoms with Gasteiger partial charge in [-0.1, -0.05) is 48.0 Å². The number of esters is 1. The van der Waals surface area contributed by atoms with Crippen molar-refractivity contribution in [1.82, 2.24) is 4.90 Å². The molecule has 0 saturated carbocycles. The first-order valence-corrected chi connectivity index (χ1v) is 9.19. The molecule has 138 valence electrons. The van der Waals surface area contributed by atoms with Crippen LogP contribution in [0.5, 0.6) is 5.75 Å². The molecule has 2 fully saturated rings. The van der Waals surface area contributed by atoms with Gasteiger partial charge in [0.15, 0.2) is 0 Å². The second kappa shape index (κ2) is 7.81. The van der Waals surface area contributed by atoms with Crippen LogP contribution in [-0.4, -0.2) is 30.0 Å². The summed E-state index contributed by atoms with van der Waals surface area (Å²) in [5.74, 6) is 0.684. The summed E-state index contributed by atoms with van der Waals surface area (Å²) in [6, 6.07) is 19.0. The Hall–Kier alpha value is -1.84. The fourth-order valence-electron chi connectivity index (χ4n) is 4.62. The third kappa shape index (κ3) is 3.51. The van der Waals surface area contributed by atoms with Crippen molar-refractivity contribution in [3.63, 3.8) is 0 Å². The molecule has 0 aromatic heterocycles. The molecule has 4 atom stereocenters. The average molecular weight is 372 g/mol. The van der Waals surface area contributed by atoms with Gasteiger partial charge in [0, 0.05) is 18.0 Å². The number of aryl methyl sites for hydroxylation is 1. The van der Waals surface area contributed by atoms with Crippen molar-refractivity contribution in [2.24, 2.45) is 5.92 Å². The molecule has 2 unspecified atom stereocenters. The minimum atomic E-state index is -0.105. The molecule has 2 aromatic carbocycles. The maximum Gasteiger partial charge on any atom is 0.316 e. The third-order valence-corrected chi connectivity index (χ3v) is 6.01. The van der Waals surface area contributed by atoms with E-state index in [4.69, 9.17) is 4.74 Å². The van der Waals surface area contributed by atoms with E-state index in [1.165, 1.54) is 17.5 Å². The molecule has 2 heterocycles. The number of para-hydroxylation sites is 1. The first-order valence-electron chi connectivity index (χ1n) is 9.19. The van der Waals surface area contributed by atoms with Gasteiger partial charge in [0.25, 0.3) is 0 Å². The van der Waals surface area contributed by atoms with Crippen molar-refractivity contribution >= 4 is 18.4 Å². The average Bonchev–Trinajstić information content (AvgIpc) is 2.86. The highest BCUT2D eigenvalue weighted by Gasteiger charge is 2.49. The molecule has 0 radical (unpaired) electrons. The number of hydrogen-bond donors (Lipinski definition) is 0. The molecule has 0 N–H and O–H groups in total. The van der Waals surface area contributed by atoms with Crippen molar-refractivity contribution in [3.05, 3.63) is 65.7 Å². The minimum Gasteiger partial charge on any atom is -0.426 e. The number of benzene rings is 2. The lowest BCUT2D eigenvalue weighted by Gasteiger charge is -2.41. The summed E-state index contributed by atoms with van der Waals surface area (Å²) in [6.45, 7) is 2.10. The van der Waals surface area contributed by atoms with E-state index in [2.05, 4.69) is 43.1 Å². The molecule has 2 aliphatic rings. The molecule has 2 saturated heterocycles. The number of carbonyl (C=O) groups excluding carboxylic acids is 1. The number of carbonyl (C=O) groups is 1. The van der Waals surface area contributed by atoms with Gasteiger partial charge in [-0.05, 0) is 50.9 Å². The fourth-order valence-corrected chi connectivity index (χ4v) is 4.62. The van der Waals surface area contributed by atoms with Crippen LogP contribution in [0.4, 0.5) is 0 Å². The van der Waals surface area contributed by atoms with E-state index in [-0.39, 0.29) is 36.3 Å². The fraction of sp³-hybridized carbons (Fsp3) is 0.409. The smallest absolute Gasteiger partial charge is 0.316 e. The highest BCUT2D eigenvalue weighted by Crippen LogP contribution is 2.46. The van der Waals surface area contributed by atoms with Crippen LogP contribution >= 0.6 is 12.4 Å². The predicted octanol–water partition coefficient (Wildman–Crippen LogP) is 4.59. The summed E-state index contributed by atoms with van der Waals surface area (Å²) >= 11 is 0. The molecule has 0 amide bonds. The van der Waals surface area contributed by atoms with Crippen LogP contribution in [0.2, 0.25) is 0 Å². The molecular weight excluding hydrogens is 346 g/mol. The minimum absolute atomic E-state index is 0. The number of nitrogens with zero attached hydrogens (tertiary/aromatic N) is 1. The van der Waals surface area contributed by atoms with E-state index in [0.717, 1.165) is 12.8 Å². The molecule has 3 nitrogen and oxygen atoms in total. The highest BCUT2D eigenvalue weighted by molar-refractivity contribution is 5.85. The summed E-state index contributed by atoms with van der Waals surface area (Å²) < 4.78 is 5.76. The van der Waals surface area contributed by atoms with Crippen molar-refractivity contribution < 1.29 is 9.53 Å². The standard InChI is InChI=1S/C22H25NO2.ClH/c1-15-8-10-16(11-9-15)19-14-17-12-13-20(23(17)2)21(19)22(24)25-18-6-4-3-5-7-18;/h3-11,17,19-21H,12-14H2,1-2H3;1H/t17-,19-,20?,21?;/m1./s1. The molecule has 2 bridgehead atoms. The Balaban J connectivity index is 0.00000196. The van der Waals surface area contributed by atoms with Crippen LogP contribution in [0.25, 0.3) is 0 Å². The van der Waals surface area contributed by atoms with Crippen molar-refractivity contribution in [3.8, 4) is 5.75 Å². The Morgan fingerprint density at radius 3 is 2.42 bits per heavy atom. The molecule has 4 rings (SSSR count). The number of halogens is 1. The maximum atomic E-state index is 13.1. The SMILES string of the molecule is Cc1ccc([C@H]2C[C@H]3CCC(C2C(=O)Oc2ccccc2)N3C)cc1.Cl. The largest absolute Gasteiger partial charge is 0.426 e. The van der Waals surface area contributed by atoms with E-state index < -0.39 is 0 Å². The number of ether oxygens (including phenoxy) is 1. The summed E-state index contributed by atoms with van der Waals surface area (Å²) in [5.41, 5.74) is 2.52. The Bertz CT molecular complexity index is 746. The normalized spacial score (nSPS) is 27.6. The lowest BCUT2D eigenvalue weighted by molar-refractivity contribution is -0.143. The first kappa shape index (κ1) is 18.9. The van der Waals surface area contributed by atoms with Crippen LogP contribution in [0.3, 0.4) is 0 Å². The predicted molar refractivity (Wildman–Crippen MR) is 106 cm³/mol. The summed E-state index contributed by atoms with van der Waals surface area (Å²) in [7, 11) is 2.16. The van der Waals surface area contributed by atoms with E-state index in [9.17, 15) is 4.79 Å². The van der Waals surface area contributed by atoms with Crippen LogP contribution in [0, 0.1) is 12.8 Å². The van der Waals surface area contributed by atoms with Gasteiger partial charge >= 0.3 is 5.97 Å². The van der Waals surface area contributed by atoms with Gasteiger partial charge in [0.05, 0.1) is 5.92 Å². The van der Waals surface area contributed by atoms with Crippen molar-refractivity contribution in [2.45, 2.75) is 44.2 Å². The monoisotopic (exact) mass is 371 g/mol. The Morgan fingerprint density at radius 2 is 1.73 bits per heavy atom. The van der Waals surface area contributed by atoms with Gasteiger partial charge in [0.2, 0.25) is 0 Å². The number of hydrogen-bond acceptors (Lipinski definition) is 3. The van der Waals surface area contributed by atoms with Crippen molar-refractivity contribution in [2.75, 3.05) is 7.05 Å². The molecular formula is C22H26ClNO2. The lowest BCUT2D eigenvalue weighted by atomic mass is 9.76. The zero-order chi connectivity index (χ0) is 17.4. The number of fused-ring (bicyclic) bond motifs is 2. The van der Waals surface area contributed by atoms with Gasteiger partial charge < -0.3 is 4.74 Å². The molecule has 0 spiro atoms. The topological polar surface area (TPSA) is 29.5 Å². The summed E-state index contributed by atoms with van der Waals surface area (Å²) in [5, 5.41) is 0. The molecule has 0 aliphatic carbocycles. The van der Waals surface area contributed by atoms with E-state index in [1.807, 2.05) is 30.3 Å². The second-order valence-corrected chi connectivity index (χ2v) is 7.48. The Kier molecular flexibility index (Phi) is 5.69. The van der Waals surface area contributed by atoms with Gasteiger partial charge in [-0.2, -0.15) is 0 Å². The molecule has 2 aliphatic heterocycles. The van der Waals surface area contributed by atoms with Crippen LogP contribution in [-0.2, 0) is 4.79 Å². The zero-order valence-corrected chi connectivity index (χ0v) is 16.1. The lowest BCUT2D eigenvalue weighted by Crippen LogP contribution is -2.49. The summed E-state index contributed by atoms with van der Waals surface area (Å²) in [4.78, 5) is 15.5. The van der Waals surface area contributed by atoms with Crippen LogP contribution in [0.1, 0.15) is 36.3 Å². The van der Waals surface area contributed by atoms with E-state index in [0.29, 0.717) is 11.8 Å². The Labute approximate surface area is 161 Å². The van der Waals surface area contributed by atoms with Crippen LogP contribution in [0.15, 0.2) is 54.6 Å².